The van der Waals surface area contributed by atoms with E-state index in [2.05, 4.69) is 33.4 Å². The minimum absolute atomic E-state index is 0.0255. The zero-order valence-corrected chi connectivity index (χ0v) is 16.6. The number of fused-ring (bicyclic) bond motifs is 1. The molecule has 138 valence electrons. The van der Waals surface area contributed by atoms with Crippen molar-refractivity contribution in [2.24, 2.45) is 0 Å². The second kappa shape index (κ2) is 8.19. The first-order chi connectivity index (χ1) is 13.3. The van der Waals surface area contributed by atoms with Crippen molar-refractivity contribution >= 4 is 35.1 Å². The molecule has 0 spiro atoms. The molecule has 3 aromatic rings. The number of hydrogen-bond acceptors (Lipinski definition) is 5. The van der Waals surface area contributed by atoms with Gasteiger partial charge in [-0.25, -0.2) is 4.98 Å². The summed E-state index contributed by atoms with van der Waals surface area (Å²) < 4.78 is 0. The number of nitrogens with one attached hydrogen (secondary N) is 1. The number of nitrogens with zero attached hydrogens (tertiary/aromatic N) is 3. The number of rotatable bonds is 5. The van der Waals surface area contributed by atoms with Gasteiger partial charge in [0, 0.05) is 17.1 Å². The Hall–Kier alpha value is -2.25. The molecule has 0 bridgehead atoms. The van der Waals surface area contributed by atoms with Crippen LogP contribution in [-0.4, -0.2) is 32.6 Å². The molecule has 5 nitrogen and oxygen atoms in total. The summed E-state index contributed by atoms with van der Waals surface area (Å²) >= 11 is 3.18. The molecular formula is C20H20N4OS2. The van der Waals surface area contributed by atoms with E-state index in [0.29, 0.717) is 10.9 Å². The number of carbonyl (C=O) groups excluding carboxylic acids is 1. The Balaban J connectivity index is 1.60. The lowest BCUT2D eigenvalue weighted by Gasteiger charge is -2.37. The molecule has 1 atom stereocenters. The molecule has 0 fully saturated rings. The van der Waals surface area contributed by atoms with Crippen molar-refractivity contribution in [3.8, 4) is 0 Å². The van der Waals surface area contributed by atoms with Crippen molar-refractivity contribution < 1.29 is 4.79 Å². The summed E-state index contributed by atoms with van der Waals surface area (Å²) in [6.45, 7) is 2.02. The average Bonchev–Trinajstić information content (AvgIpc) is 3.20. The summed E-state index contributed by atoms with van der Waals surface area (Å²) in [5, 5.41) is 7.70. The van der Waals surface area contributed by atoms with E-state index in [-0.39, 0.29) is 11.9 Å². The highest BCUT2D eigenvalue weighted by Crippen LogP contribution is 2.43. The smallest absolute Gasteiger partial charge is 0.238 e. The van der Waals surface area contributed by atoms with Crippen molar-refractivity contribution in [2.75, 3.05) is 16.4 Å². The number of aromatic nitrogens is 3. The van der Waals surface area contributed by atoms with Crippen LogP contribution in [0.5, 0.6) is 0 Å². The van der Waals surface area contributed by atoms with E-state index < -0.39 is 0 Å². The van der Waals surface area contributed by atoms with Gasteiger partial charge in [-0.2, -0.15) is 0 Å². The minimum atomic E-state index is 0.0255. The molecule has 1 aliphatic rings. The van der Waals surface area contributed by atoms with Crippen LogP contribution in [-0.2, 0) is 11.2 Å². The van der Waals surface area contributed by atoms with Crippen LogP contribution >= 0.6 is 23.5 Å². The molecule has 27 heavy (non-hydrogen) atoms. The molecule has 4 rings (SSSR count). The zero-order chi connectivity index (χ0) is 18.6. The molecule has 1 amide bonds. The SMILES string of the molecule is CCc1nc(SCC(=O)N2c3ccccc3SCC2c2ccccc2)n[nH]1. The summed E-state index contributed by atoms with van der Waals surface area (Å²) in [6, 6.07) is 18.4. The van der Waals surface area contributed by atoms with Gasteiger partial charge in [-0.05, 0) is 17.7 Å². The minimum Gasteiger partial charge on any atom is -0.302 e. The molecule has 0 aliphatic carbocycles. The molecule has 1 aromatic heterocycles. The maximum absolute atomic E-state index is 13.2. The Labute approximate surface area is 167 Å². The fraction of sp³-hybridized carbons (Fsp3) is 0.250. The summed E-state index contributed by atoms with van der Waals surface area (Å²) in [7, 11) is 0. The van der Waals surface area contributed by atoms with Gasteiger partial charge in [-0.1, -0.05) is 61.2 Å². The van der Waals surface area contributed by atoms with Crippen LogP contribution in [0.3, 0.4) is 0 Å². The van der Waals surface area contributed by atoms with Gasteiger partial charge in [0.05, 0.1) is 17.5 Å². The lowest BCUT2D eigenvalue weighted by Crippen LogP contribution is -2.39. The number of amides is 1. The molecule has 1 unspecified atom stereocenters. The predicted octanol–water partition coefficient (Wildman–Crippen LogP) is 4.34. The van der Waals surface area contributed by atoms with Gasteiger partial charge in [0.25, 0.3) is 0 Å². The Morgan fingerprint density at radius 1 is 1.22 bits per heavy atom. The first-order valence-corrected chi connectivity index (χ1v) is 10.9. The van der Waals surface area contributed by atoms with Gasteiger partial charge in [0.2, 0.25) is 11.1 Å². The predicted molar refractivity (Wildman–Crippen MR) is 110 cm³/mol. The van der Waals surface area contributed by atoms with Crippen LogP contribution in [0.25, 0.3) is 0 Å². The second-order valence-electron chi connectivity index (χ2n) is 6.18. The molecule has 0 radical (unpaired) electrons. The van der Waals surface area contributed by atoms with Crippen molar-refractivity contribution in [1.29, 1.82) is 0 Å². The monoisotopic (exact) mass is 396 g/mol. The maximum atomic E-state index is 13.2. The third-order valence-electron chi connectivity index (χ3n) is 4.46. The van der Waals surface area contributed by atoms with E-state index in [1.54, 1.807) is 11.8 Å². The number of benzene rings is 2. The van der Waals surface area contributed by atoms with Crippen molar-refractivity contribution in [2.45, 2.75) is 29.4 Å². The topological polar surface area (TPSA) is 61.9 Å². The number of anilines is 1. The Kier molecular flexibility index (Phi) is 5.50. The number of aromatic amines is 1. The highest BCUT2D eigenvalue weighted by Gasteiger charge is 2.32. The number of hydrogen-bond donors (Lipinski definition) is 1. The highest BCUT2D eigenvalue weighted by atomic mass is 32.2. The van der Waals surface area contributed by atoms with Gasteiger partial charge in [-0.15, -0.1) is 16.9 Å². The normalized spacial score (nSPS) is 16.2. The third kappa shape index (κ3) is 3.89. The fourth-order valence-corrected chi connectivity index (χ4v) is 4.96. The van der Waals surface area contributed by atoms with E-state index in [1.807, 2.05) is 48.2 Å². The van der Waals surface area contributed by atoms with Crippen molar-refractivity contribution in [1.82, 2.24) is 15.2 Å². The van der Waals surface area contributed by atoms with Gasteiger partial charge in [0.1, 0.15) is 5.82 Å². The third-order valence-corrected chi connectivity index (χ3v) is 6.43. The maximum Gasteiger partial charge on any atom is 0.238 e. The quantitative estimate of drug-likeness (QED) is 0.650. The average molecular weight is 397 g/mol. The summed E-state index contributed by atoms with van der Waals surface area (Å²) in [6.07, 6.45) is 0.800. The van der Waals surface area contributed by atoms with Gasteiger partial charge < -0.3 is 4.90 Å². The number of carbonyl (C=O) groups is 1. The van der Waals surface area contributed by atoms with Crippen LogP contribution in [0.1, 0.15) is 24.4 Å². The first-order valence-electron chi connectivity index (χ1n) is 8.89. The van der Waals surface area contributed by atoms with E-state index in [1.165, 1.54) is 11.8 Å². The van der Waals surface area contributed by atoms with Crippen LogP contribution < -0.4 is 4.90 Å². The van der Waals surface area contributed by atoms with E-state index >= 15 is 0 Å². The zero-order valence-electron chi connectivity index (χ0n) is 15.0. The number of thioether (sulfide) groups is 2. The Morgan fingerprint density at radius 2 is 2.00 bits per heavy atom. The molecule has 1 N–H and O–H groups in total. The van der Waals surface area contributed by atoms with Crippen LogP contribution in [0.2, 0.25) is 0 Å². The summed E-state index contributed by atoms with van der Waals surface area (Å²) in [4.78, 5) is 20.7. The molecule has 0 saturated heterocycles. The number of aryl methyl sites for hydroxylation is 1. The largest absolute Gasteiger partial charge is 0.302 e. The molecule has 1 aliphatic heterocycles. The second-order valence-corrected chi connectivity index (χ2v) is 8.18. The van der Waals surface area contributed by atoms with Crippen LogP contribution in [0.15, 0.2) is 64.6 Å². The van der Waals surface area contributed by atoms with Crippen LogP contribution in [0, 0.1) is 0 Å². The van der Waals surface area contributed by atoms with Gasteiger partial charge in [0.15, 0.2) is 0 Å². The van der Waals surface area contributed by atoms with E-state index in [9.17, 15) is 4.79 Å². The van der Waals surface area contributed by atoms with Crippen molar-refractivity contribution in [3.63, 3.8) is 0 Å². The Bertz CT molecular complexity index is 928. The fourth-order valence-electron chi connectivity index (χ4n) is 3.11. The molecular weight excluding hydrogens is 376 g/mol. The number of para-hydroxylation sites is 1. The van der Waals surface area contributed by atoms with Gasteiger partial charge >= 0.3 is 0 Å². The lowest BCUT2D eigenvalue weighted by molar-refractivity contribution is -0.116. The highest BCUT2D eigenvalue weighted by molar-refractivity contribution is 8.00. The van der Waals surface area contributed by atoms with E-state index in [4.69, 9.17) is 0 Å². The standard InChI is InChI=1S/C20H20N4OS2/c1-2-18-21-20(23-22-18)27-13-19(25)24-15-10-6-7-11-17(15)26-12-16(24)14-8-4-3-5-9-14/h3-11,16H,2,12-13H2,1H3,(H,21,22,23). The molecule has 2 heterocycles. The van der Waals surface area contributed by atoms with Crippen molar-refractivity contribution in [3.05, 3.63) is 66.0 Å². The summed E-state index contributed by atoms with van der Waals surface area (Å²) in [5.41, 5.74) is 2.14. The molecule has 7 heteroatoms. The van der Waals surface area contributed by atoms with Crippen LogP contribution in [0.4, 0.5) is 5.69 Å². The Morgan fingerprint density at radius 3 is 2.78 bits per heavy atom. The van der Waals surface area contributed by atoms with E-state index in [0.717, 1.165) is 34.1 Å². The summed E-state index contributed by atoms with van der Waals surface area (Å²) in [5.74, 6) is 2.07. The first kappa shape index (κ1) is 18.1. The molecule has 0 saturated carbocycles. The lowest BCUT2D eigenvalue weighted by atomic mass is 10.1. The van der Waals surface area contributed by atoms with Gasteiger partial charge in [-0.3, -0.25) is 9.89 Å². The molecule has 2 aromatic carbocycles. The number of H-pyrrole nitrogens is 1.